The highest BCUT2D eigenvalue weighted by molar-refractivity contribution is 5.82. The third kappa shape index (κ3) is 2.96. The Bertz CT molecular complexity index is 357. The van der Waals surface area contributed by atoms with E-state index in [4.69, 9.17) is 4.74 Å². The van der Waals surface area contributed by atoms with Gasteiger partial charge < -0.3 is 9.64 Å². The molecule has 2 saturated heterocycles. The van der Waals surface area contributed by atoms with E-state index in [2.05, 4.69) is 11.8 Å². The van der Waals surface area contributed by atoms with Crippen LogP contribution in [0.15, 0.2) is 0 Å². The third-order valence-electron chi connectivity index (χ3n) is 4.47. The molecule has 0 radical (unpaired) electrons. The van der Waals surface area contributed by atoms with Crippen molar-refractivity contribution in [1.29, 1.82) is 0 Å². The summed E-state index contributed by atoms with van der Waals surface area (Å²) in [6.07, 6.45) is -2.63. The molecule has 4 nitrogen and oxygen atoms in total. The van der Waals surface area contributed by atoms with Gasteiger partial charge >= 0.3 is 0 Å². The third-order valence-corrected chi connectivity index (χ3v) is 4.47. The van der Waals surface area contributed by atoms with Crippen LogP contribution >= 0.6 is 0 Å². The second-order valence-electron chi connectivity index (χ2n) is 6.43. The minimum atomic E-state index is -2.63. The molecule has 0 N–H and O–H groups in total. The summed E-state index contributed by atoms with van der Waals surface area (Å²) in [5.74, 6) is -0.124. The fourth-order valence-electron chi connectivity index (χ4n) is 3.00. The number of hydrogen-bond donors (Lipinski definition) is 0. The molecule has 2 heterocycles. The van der Waals surface area contributed by atoms with Crippen molar-refractivity contribution in [2.24, 2.45) is 11.3 Å². The SMILES string of the molecule is C[C@H]1CN(C(=O)C(C)(C)C(F)F)C[C@H]1N1CCOCC1. The van der Waals surface area contributed by atoms with Crippen molar-refractivity contribution in [3.63, 3.8) is 0 Å². The van der Waals surface area contributed by atoms with Gasteiger partial charge in [-0.1, -0.05) is 6.92 Å². The Balaban J connectivity index is 2.01. The van der Waals surface area contributed by atoms with Gasteiger partial charge in [0.05, 0.1) is 13.2 Å². The van der Waals surface area contributed by atoms with E-state index >= 15 is 0 Å². The summed E-state index contributed by atoms with van der Waals surface area (Å²) in [5.41, 5.74) is -1.60. The van der Waals surface area contributed by atoms with Gasteiger partial charge in [0.2, 0.25) is 5.91 Å². The molecule has 116 valence electrons. The zero-order valence-corrected chi connectivity index (χ0v) is 12.4. The Kier molecular flexibility index (Phi) is 4.64. The lowest BCUT2D eigenvalue weighted by molar-refractivity contribution is -0.148. The number of alkyl halides is 2. The molecule has 2 rings (SSSR count). The smallest absolute Gasteiger partial charge is 0.252 e. The van der Waals surface area contributed by atoms with Crippen molar-refractivity contribution in [2.75, 3.05) is 39.4 Å². The number of hydrogen-bond acceptors (Lipinski definition) is 3. The van der Waals surface area contributed by atoms with E-state index in [1.54, 1.807) is 4.90 Å². The fourth-order valence-corrected chi connectivity index (χ4v) is 3.00. The number of morpholine rings is 1. The van der Waals surface area contributed by atoms with Crippen molar-refractivity contribution >= 4 is 5.91 Å². The minimum absolute atomic E-state index is 0.260. The Labute approximate surface area is 119 Å². The van der Waals surface area contributed by atoms with Gasteiger partial charge in [-0.3, -0.25) is 9.69 Å². The predicted molar refractivity (Wildman–Crippen MR) is 71.7 cm³/mol. The van der Waals surface area contributed by atoms with Crippen LogP contribution in [0.1, 0.15) is 20.8 Å². The van der Waals surface area contributed by atoms with Gasteiger partial charge in [-0.05, 0) is 19.8 Å². The molecule has 2 aliphatic rings. The van der Waals surface area contributed by atoms with Crippen molar-refractivity contribution in [2.45, 2.75) is 33.2 Å². The number of likely N-dealkylation sites (tertiary alicyclic amines) is 1. The van der Waals surface area contributed by atoms with Crippen LogP contribution in [0.4, 0.5) is 8.78 Å². The number of halogens is 2. The lowest BCUT2D eigenvalue weighted by Crippen LogP contribution is -2.48. The Morgan fingerprint density at radius 1 is 1.25 bits per heavy atom. The lowest BCUT2D eigenvalue weighted by atomic mass is 9.92. The molecular weight excluding hydrogens is 266 g/mol. The highest BCUT2D eigenvalue weighted by Crippen LogP contribution is 2.31. The summed E-state index contributed by atoms with van der Waals surface area (Å²) in [6, 6.07) is 0.260. The van der Waals surface area contributed by atoms with Crippen molar-refractivity contribution in [3.8, 4) is 0 Å². The lowest BCUT2D eigenvalue weighted by Gasteiger charge is -2.34. The first-order valence-corrected chi connectivity index (χ1v) is 7.23. The van der Waals surface area contributed by atoms with Crippen LogP contribution in [0.3, 0.4) is 0 Å². The van der Waals surface area contributed by atoms with E-state index in [0.29, 0.717) is 32.2 Å². The van der Waals surface area contributed by atoms with Crippen LogP contribution in [-0.4, -0.2) is 67.6 Å². The molecule has 0 saturated carbocycles. The molecule has 20 heavy (non-hydrogen) atoms. The molecule has 0 bridgehead atoms. The summed E-state index contributed by atoms with van der Waals surface area (Å²) in [4.78, 5) is 16.2. The van der Waals surface area contributed by atoms with Gasteiger partial charge in [0, 0.05) is 32.2 Å². The molecule has 2 fully saturated rings. The number of amides is 1. The zero-order chi connectivity index (χ0) is 14.9. The van der Waals surface area contributed by atoms with Crippen LogP contribution in [0.25, 0.3) is 0 Å². The highest BCUT2D eigenvalue weighted by Gasteiger charge is 2.45. The predicted octanol–water partition coefficient (Wildman–Crippen LogP) is 1.46. The maximum Gasteiger partial charge on any atom is 0.252 e. The van der Waals surface area contributed by atoms with Crippen LogP contribution in [-0.2, 0) is 9.53 Å². The monoisotopic (exact) mass is 290 g/mol. The van der Waals surface area contributed by atoms with E-state index in [1.165, 1.54) is 13.8 Å². The van der Waals surface area contributed by atoms with E-state index < -0.39 is 17.7 Å². The summed E-state index contributed by atoms with van der Waals surface area (Å²) < 4.78 is 31.3. The topological polar surface area (TPSA) is 32.8 Å². The van der Waals surface area contributed by atoms with Gasteiger partial charge in [-0.25, -0.2) is 8.78 Å². The number of carbonyl (C=O) groups is 1. The number of carbonyl (C=O) groups excluding carboxylic acids is 1. The summed E-state index contributed by atoms with van der Waals surface area (Å²) in [6.45, 7) is 8.99. The molecule has 0 spiro atoms. The van der Waals surface area contributed by atoms with Gasteiger partial charge in [0.15, 0.2) is 0 Å². The molecule has 0 aromatic carbocycles. The Morgan fingerprint density at radius 3 is 2.40 bits per heavy atom. The first-order valence-electron chi connectivity index (χ1n) is 7.23. The maximum absolute atomic E-state index is 13.0. The quantitative estimate of drug-likeness (QED) is 0.789. The van der Waals surface area contributed by atoms with Crippen LogP contribution in [0.5, 0.6) is 0 Å². The molecule has 6 heteroatoms. The van der Waals surface area contributed by atoms with E-state index in [-0.39, 0.29) is 6.04 Å². The van der Waals surface area contributed by atoms with Crippen LogP contribution < -0.4 is 0 Å². The average Bonchev–Trinajstić information content (AvgIpc) is 2.80. The molecule has 2 atom stereocenters. The van der Waals surface area contributed by atoms with Crippen LogP contribution in [0.2, 0.25) is 0 Å². The largest absolute Gasteiger partial charge is 0.379 e. The molecule has 0 unspecified atom stereocenters. The molecule has 2 aliphatic heterocycles. The molecule has 1 amide bonds. The van der Waals surface area contributed by atoms with E-state index in [9.17, 15) is 13.6 Å². The van der Waals surface area contributed by atoms with Crippen molar-refractivity contribution < 1.29 is 18.3 Å². The first kappa shape index (κ1) is 15.6. The van der Waals surface area contributed by atoms with Gasteiger partial charge in [0.1, 0.15) is 5.41 Å². The molecule has 0 aromatic rings. The van der Waals surface area contributed by atoms with Gasteiger partial charge in [-0.2, -0.15) is 0 Å². The van der Waals surface area contributed by atoms with Crippen molar-refractivity contribution in [3.05, 3.63) is 0 Å². The number of ether oxygens (including phenoxy) is 1. The first-order chi connectivity index (χ1) is 9.34. The van der Waals surface area contributed by atoms with Gasteiger partial charge in [0.25, 0.3) is 6.43 Å². The molecular formula is C14H24F2N2O2. The molecule has 0 aliphatic carbocycles. The van der Waals surface area contributed by atoms with E-state index in [0.717, 1.165) is 13.1 Å². The van der Waals surface area contributed by atoms with Crippen molar-refractivity contribution in [1.82, 2.24) is 9.80 Å². The normalized spacial score (nSPS) is 29.2. The van der Waals surface area contributed by atoms with Crippen LogP contribution in [0, 0.1) is 11.3 Å². The summed E-state index contributed by atoms with van der Waals surface area (Å²) >= 11 is 0. The van der Waals surface area contributed by atoms with E-state index in [1.807, 2.05) is 0 Å². The number of nitrogens with zero attached hydrogens (tertiary/aromatic N) is 2. The number of rotatable bonds is 3. The maximum atomic E-state index is 13.0. The fraction of sp³-hybridized carbons (Fsp3) is 0.929. The second-order valence-corrected chi connectivity index (χ2v) is 6.43. The average molecular weight is 290 g/mol. The van der Waals surface area contributed by atoms with Gasteiger partial charge in [-0.15, -0.1) is 0 Å². The zero-order valence-electron chi connectivity index (χ0n) is 12.4. The minimum Gasteiger partial charge on any atom is -0.379 e. The highest BCUT2D eigenvalue weighted by atomic mass is 19.3. The second kappa shape index (κ2) is 5.93. The summed E-state index contributed by atoms with van der Waals surface area (Å²) in [5, 5.41) is 0. The summed E-state index contributed by atoms with van der Waals surface area (Å²) in [7, 11) is 0. The Morgan fingerprint density at radius 2 is 1.85 bits per heavy atom. The molecule has 0 aromatic heterocycles. The Hall–Kier alpha value is -0.750. The standard InChI is InChI=1S/C14H24F2N2O2/c1-10-8-18(13(19)14(2,3)12(15)16)9-11(10)17-4-6-20-7-5-17/h10-12H,4-9H2,1-3H3/t10-,11+/m0/s1.